The zero-order valence-corrected chi connectivity index (χ0v) is 14.7. The number of carbonyl (C=O) groups is 3. The van der Waals surface area contributed by atoms with Gasteiger partial charge in [0.15, 0.2) is 0 Å². The molecule has 0 aromatic rings. The maximum Gasteiger partial charge on any atom is 0.306 e. The number of carboxylic acid groups (broad SMARTS) is 1. The molecule has 132 valence electrons. The van der Waals surface area contributed by atoms with Gasteiger partial charge < -0.3 is 14.9 Å². The van der Waals surface area contributed by atoms with Gasteiger partial charge in [-0.2, -0.15) is 0 Å². The highest BCUT2D eigenvalue weighted by Gasteiger charge is 2.28. The van der Waals surface area contributed by atoms with Crippen molar-refractivity contribution >= 4 is 17.8 Å². The Balaban J connectivity index is 2.38. The van der Waals surface area contributed by atoms with Crippen LogP contribution in [0.3, 0.4) is 0 Å². The maximum absolute atomic E-state index is 12.2. The Morgan fingerprint density at radius 1 is 1.17 bits per heavy atom. The quantitative estimate of drug-likeness (QED) is 0.774. The molecule has 0 spiro atoms. The number of likely N-dealkylation sites (N-methyl/N-ethyl adjacent to an activating group) is 1. The number of carbonyl (C=O) groups excluding carboxylic acids is 2. The zero-order chi connectivity index (χ0) is 17.6. The monoisotopic (exact) mass is 326 g/mol. The van der Waals surface area contributed by atoms with Crippen LogP contribution in [0.1, 0.15) is 46.5 Å². The molecular weight excluding hydrogens is 296 g/mol. The molecule has 1 N–H and O–H groups in total. The number of amides is 2. The van der Waals surface area contributed by atoms with Gasteiger partial charge in [0.1, 0.15) is 0 Å². The minimum absolute atomic E-state index is 0.00748. The second kappa shape index (κ2) is 8.89. The smallest absolute Gasteiger partial charge is 0.306 e. The Morgan fingerprint density at radius 2 is 1.74 bits per heavy atom. The highest BCUT2D eigenvalue weighted by molar-refractivity contribution is 5.85. The Kier molecular flexibility index (Phi) is 7.52. The first kappa shape index (κ1) is 19.5. The Labute approximate surface area is 138 Å². The van der Waals surface area contributed by atoms with Crippen molar-refractivity contribution in [3.63, 3.8) is 0 Å². The summed E-state index contributed by atoms with van der Waals surface area (Å²) in [6, 6.07) is 0. The van der Waals surface area contributed by atoms with E-state index in [0.29, 0.717) is 44.2 Å². The molecule has 0 aromatic heterocycles. The number of carboxylic acids is 1. The van der Waals surface area contributed by atoms with Crippen molar-refractivity contribution in [2.45, 2.75) is 46.5 Å². The normalized spacial score (nSPS) is 17.2. The van der Waals surface area contributed by atoms with Gasteiger partial charge in [0.2, 0.25) is 11.8 Å². The molecule has 23 heavy (non-hydrogen) atoms. The third-order valence-electron chi connectivity index (χ3n) is 4.39. The number of rotatable bonds is 7. The van der Waals surface area contributed by atoms with Crippen LogP contribution in [0.4, 0.5) is 0 Å². The molecular formula is C17H30N2O4. The van der Waals surface area contributed by atoms with E-state index in [1.54, 1.807) is 11.9 Å². The van der Waals surface area contributed by atoms with Crippen LogP contribution in [0.2, 0.25) is 0 Å². The van der Waals surface area contributed by atoms with Crippen molar-refractivity contribution < 1.29 is 19.5 Å². The summed E-state index contributed by atoms with van der Waals surface area (Å²) >= 11 is 0. The summed E-state index contributed by atoms with van der Waals surface area (Å²) in [5.74, 6) is -0.376. The van der Waals surface area contributed by atoms with Crippen LogP contribution in [0.25, 0.3) is 0 Å². The molecule has 6 nitrogen and oxygen atoms in total. The summed E-state index contributed by atoms with van der Waals surface area (Å²) in [4.78, 5) is 38.5. The average molecular weight is 326 g/mol. The van der Waals surface area contributed by atoms with E-state index >= 15 is 0 Å². The molecule has 1 aliphatic rings. The molecule has 0 aromatic carbocycles. The Bertz CT molecular complexity index is 428. The molecule has 1 unspecified atom stereocenters. The molecule has 0 saturated carbocycles. The molecule has 1 fully saturated rings. The second-order valence-corrected chi connectivity index (χ2v) is 7.18. The number of hydrogen-bond acceptors (Lipinski definition) is 3. The minimum Gasteiger partial charge on any atom is -0.481 e. The van der Waals surface area contributed by atoms with E-state index in [9.17, 15) is 14.4 Å². The van der Waals surface area contributed by atoms with Gasteiger partial charge in [-0.1, -0.05) is 20.8 Å². The Morgan fingerprint density at radius 3 is 2.22 bits per heavy atom. The molecule has 1 rings (SSSR count). The first-order valence-electron chi connectivity index (χ1n) is 8.45. The van der Waals surface area contributed by atoms with E-state index in [1.807, 2.05) is 0 Å². The summed E-state index contributed by atoms with van der Waals surface area (Å²) in [5, 5.41) is 8.97. The SMILES string of the molecule is CC(C)CC(C)CC(=O)N(C)CC(=O)N1CCC(C(=O)O)CC1. The summed E-state index contributed by atoms with van der Waals surface area (Å²) < 4.78 is 0. The maximum atomic E-state index is 12.2. The second-order valence-electron chi connectivity index (χ2n) is 7.18. The summed E-state index contributed by atoms with van der Waals surface area (Å²) in [7, 11) is 1.66. The Hall–Kier alpha value is -1.59. The van der Waals surface area contributed by atoms with Crippen LogP contribution in [-0.2, 0) is 14.4 Å². The lowest BCUT2D eigenvalue weighted by Gasteiger charge is -2.31. The van der Waals surface area contributed by atoms with E-state index in [1.165, 1.54) is 4.90 Å². The van der Waals surface area contributed by atoms with Crippen molar-refractivity contribution in [2.24, 2.45) is 17.8 Å². The van der Waals surface area contributed by atoms with Crippen LogP contribution in [0, 0.1) is 17.8 Å². The fraction of sp³-hybridized carbons (Fsp3) is 0.824. The number of hydrogen-bond donors (Lipinski definition) is 1. The van der Waals surface area contributed by atoms with Crippen LogP contribution < -0.4 is 0 Å². The number of likely N-dealkylation sites (tertiary alicyclic amines) is 1. The molecule has 6 heteroatoms. The highest BCUT2D eigenvalue weighted by atomic mass is 16.4. The van der Waals surface area contributed by atoms with Gasteiger partial charge in [0.05, 0.1) is 12.5 Å². The van der Waals surface area contributed by atoms with E-state index < -0.39 is 5.97 Å². The third-order valence-corrected chi connectivity index (χ3v) is 4.39. The van der Waals surface area contributed by atoms with Gasteiger partial charge >= 0.3 is 5.97 Å². The molecule has 1 aliphatic heterocycles. The van der Waals surface area contributed by atoms with Crippen molar-refractivity contribution in [1.29, 1.82) is 0 Å². The molecule has 1 saturated heterocycles. The summed E-state index contributed by atoms with van der Waals surface area (Å²) in [6.45, 7) is 7.32. The first-order valence-corrected chi connectivity index (χ1v) is 8.45. The van der Waals surface area contributed by atoms with Gasteiger partial charge in [-0.05, 0) is 31.1 Å². The summed E-state index contributed by atoms with van der Waals surface area (Å²) in [6.07, 6.45) is 2.44. The average Bonchev–Trinajstić information content (AvgIpc) is 2.46. The molecule has 0 radical (unpaired) electrons. The lowest BCUT2D eigenvalue weighted by atomic mass is 9.95. The highest BCUT2D eigenvalue weighted by Crippen LogP contribution is 2.18. The largest absolute Gasteiger partial charge is 0.481 e. The number of nitrogens with zero attached hydrogens (tertiary/aromatic N) is 2. The molecule has 1 heterocycles. The van der Waals surface area contributed by atoms with Crippen LogP contribution in [-0.4, -0.2) is 59.4 Å². The number of aliphatic carboxylic acids is 1. The van der Waals surface area contributed by atoms with Crippen molar-refractivity contribution in [3.05, 3.63) is 0 Å². The lowest BCUT2D eigenvalue weighted by molar-refractivity contribution is -0.146. The predicted molar refractivity (Wildman–Crippen MR) is 87.8 cm³/mol. The summed E-state index contributed by atoms with van der Waals surface area (Å²) in [5.41, 5.74) is 0. The van der Waals surface area contributed by atoms with Crippen LogP contribution in [0.15, 0.2) is 0 Å². The van der Waals surface area contributed by atoms with Crippen LogP contribution >= 0.6 is 0 Å². The van der Waals surface area contributed by atoms with E-state index in [4.69, 9.17) is 5.11 Å². The van der Waals surface area contributed by atoms with Crippen molar-refractivity contribution in [2.75, 3.05) is 26.7 Å². The molecule has 0 aliphatic carbocycles. The lowest BCUT2D eigenvalue weighted by Crippen LogP contribution is -2.45. The molecule has 1 atom stereocenters. The zero-order valence-electron chi connectivity index (χ0n) is 14.7. The number of piperidine rings is 1. The van der Waals surface area contributed by atoms with Gasteiger partial charge in [0.25, 0.3) is 0 Å². The van der Waals surface area contributed by atoms with Crippen molar-refractivity contribution in [3.8, 4) is 0 Å². The van der Waals surface area contributed by atoms with Gasteiger partial charge in [-0.3, -0.25) is 14.4 Å². The minimum atomic E-state index is -0.788. The van der Waals surface area contributed by atoms with E-state index in [-0.39, 0.29) is 24.3 Å². The predicted octanol–water partition coefficient (Wildman–Crippen LogP) is 1.84. The molecule has 0 bridgehead atoms. The topological polar surface area (TPSA) is 77.9 Å². The fourth-order valence-corrected chi connectivity index (χ4v) is 3.11. The third kappa shape index (κ3) is 6.59. The van der Waals surface area contributed by atoms with Gasteiger partial charge in [-0.25, -0.2) is 0 Å². The van der Waals surface area contributed by atoms with Crippen LogP contribution in [0.5, 0.6) is 0 Å². The first-order chi connectivity index (χ1) is 10.7. The van der Waals surface area contributed by atoms with Crippen molar-refractivity contribution in [1.82, 2.24) is 9.80 Å². The standard InChI is InChI=1S/C17H30N2O4/c1-12(2)9-13(3)10-15(20)18(4)11-16(21)19-7-5-14(6-8-19)17(22)23/h12-14H,5-11H2,1-4H3,(H,22,23). The van der Waals surface area contributed by atoms with Gasteiger partial charge in [0, 0.05) is 26.6 Å². The van der Waals surface area contributed by atoms with Gasteiger partial charge in [-0.15, -0.1) is 0 Å². The van der Waals surface area contributed by atoms with E-state index in [0.717, 1.165) is 6.42 Å². The fourth-order valence-electron chi connectivity index (χ4n) is 3.11. The van der Waals surface area contributed by atoms with E-state index in [2.05, 4.69) is 20.8 Å². The molecule has 2 amide bonds.